The maximum Gasteiger partial charge on any atom is 0.335 e. The fourth-order valence-electron chi connectivity index (χ4n) is 3.96. The minimum absolute atomic E-state index is 0.0449. The Balaban J connectivity index is 1.61. The van der Waals surface area contributed by atoms with Crippen LogP contribution >= 0.6 is 22.6 Å². The normalized spacial score (nSPS) is 14.2. The van der Waals surface area contributed by atoms with E-state index in [0.717, 1.165) is 11.3 Å². The van der Waals surface area contributed by atoms with E-state index >= 15 is 0 Å². The van der Waals surface area contributed by atoms with Crippen LogP contribution in [0.5, 0.6) is 17.2 Å². The molecule has 0 saturated carbocycles. The van der Waals surface area contributed by atoms with Crippen LogP contribution in [0, 0.1) is 13.7 Å². The lowest BCUT2D eigenvalue weighted by atomic mass is 10.1. The molecule has 3 aromatic carbocycles. The van der Waals surface area contributed by atoms with Crippen molar-refractivity contribution in [3.63, 3.8) is 0 Å². The molecule has 0 spiro atoms. The van der Waals surface area contributed by atoms with Crippen molar-refractivity contribution >= 4 is 57.9 Å². The van der Waals surface area contributed by atoms with Crippen LogP contribution in [0.3, 0.4) is 0 Å². The minimum Gasteiger partial charge on any atom is -0.494 e. The molecule has 1 aliphatic heterocycles. The molecule has 4 rings (SSSR count). The zero-order chi connectivity index (χ0) is 29.5. The summed E-state index contributed by atoms with van der Waals surface area (Å²) in [5.74, 6) is -0.241. The van der Waals surface area contributed by atoms with Crippen molar-refractivity contribution in [3.05, 3.63) is 91.0 Å². The summed E-state index contributed by atoms with van der Waals surface area (Å²) in [5, 5.41) is 13.3. The van der Waals surface area contributed by atoms with Gasteiger partial charge in [-0.3, -0.25) is 25.0 Å². The van der Waals surface area contributed by atoms with E-state index in [-0.39, 0.29) is 23.6 Å². The van der Waals surface area contributed by atoms with Crippen LogP contribution in [-0.4, -0.2) is 36.0 Å². The Morgan fingerprint density at radius 1 is 1.00 bits per heavy atom. The first kappa shape index (κ1) is 29.5. The number of imide groups is 2. The van der Waals surface area contributed by atoms with Crippen molar-refractivity contribution in [3.8, 4) is 17.2 Å². The predicted molar refractivity (Wildman–Crippen MR) is 159 cm³/mol. The van der Waals surface area contributed by atoms with Crippen molar-refractivity contribution < 1.29 is 33.5 Å². The maximum atomic E-state index is 13.3. The Bertz CT molecular complexity index is 1520. The average molecular weight is 671 g/mol. The molecule has 1 N–H and O–H groups in total. The Morgan fingerprint density at radius 2 is 1.76 bits per heavy atom. The van der Waals surface area contributed by atoms with Crippen LogP contribution in [0.25, 0.3) is 6.08 Å². The number of non-ortho nitro benzene ring substituents is 1. The summed E-state index contributed by atoms with van der Waals surface area (Å²) in [6.45, 7) is 4.67. The van der Waals surface area contributed by atoms with E-state index in [9.17, 15) is 24.5 Å². The summed E-state index contributed by atoms with van der Waals surface area (Å²) in [5.41, 5.74) is 1.07. The van der Waals surface area contributed by atoms with Gasteiger partial charge in [0.2, 0.25) is 0 Å². The fourth-order valence-corrected chi connectivity index (χ4v) is 4.74. The summed E-state index contributed by atoms with van der Waals surface area (Å²) < 4.78 is 17.9. The minimum atomic E-state index is -0.853. The second kappa shape index (κ2) is 13.3. The van der Waals surface area contributed by atoms with E-state index < -0.39 is 22.8 Å². The molecule has 0 aromatic heterocycles. The highest BCUT2D eigenvalue weighted by atomic mass is 127. The van der Waals surface area contributed by atoms with E-state index in [1.807, 2.05) is 29.5 Å². The number of nitro groups is 1. The zero-order valence-electron chi connectivity index (χ0n) is 22.2. The first-order chi connectivity index (χ1) is 19.7. The molecule has 212 valence electrons. The number of carbonyl (C=O) groups excluding carboxylic acids is 3. The number of halogens is 1. The SMILES string of the molecule is CCCOc1ccc(N2C(=O)NC(=O)/C(=C/c3cc(I)c(OCc4cccc([N+](=O)[O-])c4)c(OCC)c3)C2=O)cc1. The highest BCUT2D eigenvalue weighted by molar-refractivity contribution is 14.1. The molecule has 3 aromatic rings. The number of amides is 4. The molecule has 1 aliphatic rings. The number of hydrogen-bond donors (Lipinski definition) is 1. The molecule has 1 heterocycles. The topological polar surface area (TPSA) is 137 Å². The number of urea groups is 1. The number of nitrogens with one attached hydrogen (secondary N) is 1. The van der Waals surface area contributed by atoms with Crippen molar-refractivity contribution in [2.45, 2.75) is 26.9 Å². The molecule has 1 fully saturated rings. The molecule has 0 unspecified atom stereocenters. The third-order valence-corrected chi connectivity index (χ3v) is 6.62. The van der Waals surface area contributed by atoms with Gasteiger partial charge < -0.3 is 14.2 Å². The molecule has 0 atom stereocenters. The molecule has 4 amide bonds. The fraction of sp³-hybridized carbons (Fsp3) is 0.207. The molecule has 11 nitrogen and oxygen atoms in total. The number of anilines is 1. The van der Waals surface area contributed by atoms with Gasteiger partial charge in [-0.2, -0.15) is 0 Å². The Morgan fingerprint density at radius 3 is 2.44 bits per heavy atom. The summed E-state index contributed by atoms with van der Waals surface area (Å²) >= 11 is 2.04. The molecular weight excluding hydrogens is 645 g/mol. The second-order valence-corrected chi connectivity index (χ2v) is 9.94. The number of hydrogen-bond acceptors (Lipinski definition) is 8. The third-order valence-electron chi connectivity index (χ3n) is 5.82. The first-order valence-corrected chi connectivity index (χ1v) is 13.8. The van der Waals surface area contributed by atoms with E-state index in [1.165, 1.54) is 18.2 Å². The van der Waals surface area contributed by atoms with Gasteiger partial charge in [0.25, 0.3) is 17.5 Å². The van der Waals surface area contributed by atoms with Crippen molar-refractivity contribution in [1.82, 2.24) is 5.32 Å². The van der Waals surface area contributed by atoms with Crippen LogP contribution in [0.2, 0.25) is 0 Å². The lowest BCUT2D eigenvalue weighted by molar-refractivity contribution is -0.384. The van der Waals surface area contributed by atoms with Gasteiger partial charge >= 0.3 is 6.03 Å². The Kier molecular flexibility index (Phi) is 9.55. The summed E-state index contributed by atoms with van der Waals surface area (Å²) in [6, 6.07) is 15.0. The number of barbiturate groups is 1. The third kappa shape index (κ3) is 7.01. The molecule has 41 heavy (non-hydrogen) atoms. The van der Waals surface area contributed by atoms with E-state index in [1.54, 1.807) is 55.5 Å². The predicted octanol–water partition coefficient (Wildman–Crippen LogP) is 5.63. The lowest BCUT2D eigenvalue weighted by Gasteiger charge is -2.26. The Hall–Kier alpha value is -4.46. The van der Waals surface area contributed by atoms with Gasteiger partial charge in [-0.25, -0.2) is 9.69 Å². The van der Waals surface area contributed by atoms with Gasteiger partial charge in [0.1, 0.15) is 17.9 Å². The van der Waals surface area contributed by atoms with E-state index in [0.29, 0.717) is 45.2 Å². The van der Waals surface area contributed by atoms with Crippen molar-refractivity contribution in [2.24, 2.45) is 0 Å². The summed E-state index contributed by atoms with van der Waals surface area (Å²) in [6.07, 6.45) is 2.21. The lowest BCUT2D eigenvalue weighted by Crippen LogP contribution is -2.54. The first-order valence-electron chi connectivity index (χ1n) is 12.7. The molecular formula is C29H26IN3O8. The van der Waals surface area contributed by atoms with Crippen molar-refractivity contribution in [2.75, 3.05) is 18.1 Å². The molecule has 0 aliphatic carbocycles. The Labute approximate surface area is 249 Å². The van der Waals surface area contributed by atoms with Gasteiger partial charge in [0.05, 0.1) is 27.4 Å². The number of nitro benzene ring substituents is 1. The number of rotatable bonds is 11. The van der Waals surface area contributed by atoms with Crippen LogP contribution in [-0.2, 0) is 16.2 Å². The van der Waals surface area contributed by atoms with Gasteiger partial charge in [-0.1, -0.05) is 19.1 Å². The molecule has 12 heteroatoms. The molecule has 1 saturated heterocycles. The highest BCUT2D eigenvalue weighted by Gasteiger charge is 2.37. The number of carbonyl (C=O) groups is 3. The standard InChI is InChI=1S/C29H26IN3O8/c1-3-12-40-22-10-8-20(9-11-22)32-28(35)23(27(34)31-29(32)36)14-19-15-24(30)26(25(16-19)39-4-2)41-17-18-6-5-7-21(13-18)33(37)38/h5-11,13-16H,3-4,12,17H2,1-2H3,(H,31,34,36)/b23-14-. The maximum absolute atomic E-state index is 13.3. The quantitative estimate of drug-likeness (QED) is 0.0911. The number of benzene rings is 3. The van der Waals surface area contributed by atoms with Crippen LogP contribution in [0.15, 0.2) is 66.2 Å². The van der Waals surface area contributed by atoms with Gasteiger partial charge in [-0.15, -0.1) is 0 Å². The molecule has 0 radical (unpaired) electrons. The molecule has 0 bridgehead atoms. The van der Waals surface area contributed by atoms with Crippen LogP contribution in [0.1, 0.15) is 31.4 Å². The number of nitrogens with zero attached hydrogens (tertiary/aromatic N) is 2. The summed E-state index contributed by atoms with van der Waals surface area (Å²) in [4.78, 5) is 50.1. The van der Waals surface area contributed by atoms with E-state index in [4.69, 9.17) is 14.2 Å². The zero-order valence-corrected chi connectivity index (χ0v) is 24.4. The smallest absolute Gasteiger partial charge is 0.335 e. The summed E-state index contributed by atoms with van der Waals surface area (Å²) in [7, 11) is 0. The highest BCUT2D eigenvalue weighted by Crippen LogP contribution is 2.36. The average Bonchev–Trinajstić information content (AvgIpc) is 2.94. The van der Waals surface area contributed by atoms with Gasteiger partial charge in [0.15, 0.2) is 11.5 Å². The van der Waals surface area contributed by atoms with Gasteiger partial charge in [0, 0.05) is 12.1 Å². The van der Waals surface area contributed by atoms with Gasteiger partial charge in [-0.05, 0) is 89.5 Å². The van der Waals surface area contributed by atoms with Crippen molar-refractivity contribution in [1.29, 1.82) is 0 Å². The number of ether oxygens (including phenoxy) is 3. The van der Waals surface area contributed by atoms with Crippen LogP contribution < -0.4 is 24.4 Å². The second-order valence-electron chi connectivity index (χ2n) is 8.78. The van der Waals surface area contributed by atoms with Crippen LogP contribution in [0.4, 0.5) is 16.2 Å². The monoisotopic (exact) mass is 671 g/mol. The van der Waals surface area contributed by atoms with E-state index in [2.05, 4.69) is 5.32 Å². The largest absolute Gasteiger partial charge is 0.494 e.